The van der Waals surface area contributed by atoms with Crippen LogP contribution in [0.25, 0.3) is 0 Å². The summed E-state index contributed by atoms with van der Waals surface area (Å²) in [5.41, 5.74) is 8.64. The summed E-state index contributed by atoms with van der Waals surface area (Å²) in [6.45, 7) is 8.59. The molecule has 1 unspecified atom stereocenters. The van der Waals surface area contributed by atoms with E-state index in [9.17, 15) is 0 Å². The summed E-state index contributed by atoms with van der Waals surface area (Å²) in [6, 6.07) is 8.76. The molecule has 114 valence electrons. The summed E-state index contributed by atoms with van der Waals surface area (Å²) < 4.78 is 0. The van der Waals surface area contributed by atoms with Gasteiger partial charge >= 0.3 is 0 Å². The van der Waals surface area contributed by atoms with Crippen molar-refractivity contribution in [3.63, 3.8) is 0 Å². The van der Waals surface area contributed by atoms with E-state index in [1.807, 2.05) is 0 Å². The lowest BCUT2D eigenvalue weighted by atomic mass is 9.97. The lowest BCUT2D eigenvalue weighted by molar-refractivity contribution is 0.258. The number of rotatable bonds is 9. The van der Waals surface area contributed by atoms with E-state index in [4.69, 9.17) is 5.73 Å². The Hall–Kier alpha value is -1.06. The number of hydrogen-bond donors (Lipinski definition) is 1. The largest absolute Gasteiger partial charge is 0.378 e. The van der Waals surface area contributed by atoms with E-state index in [1.54, 1.807) is 0 Å². The van der Waals surface area contributed by atoms with Gasteiger partial charge in [-0.2, -0.15) is 0 Å². The Balaban J connectivity index is 2.80. The summed E-state index contributed by atoms with van der Waals surface area (Å²) >= 11 is 0. The van der Waals surface area contributed by atoms with E-state index in [0.29, 0.717) is 12.5 Å². The third-order valence-corrected chi connectivity index (χ3v) is 3.70. The third-order valence-electron chi connectivity index (χ3n) is 3.70. The first-order chi connectivity index (χ1) is 9.62. The first-order valence-corrected chi connectivity index (χ1v) is 7.82. The molecule has 0 bridgehead atoms. The van der Waals surface area contributed by atoms with E-state index in [-0.39, 0.29) is 0 Å². The van der Waals surface area contributed by atoms with Crippen molar-refractivity contribution in [2.24, 2.45) is 5.73 Å². The topological polar surface area (TPSA) is 32.5 Å². The van der Waals surface area contributed by atoms with Gasteiger partial charge < -0.3 is 15.5 Å². The SMILES string of the molecule is CCCN(CCC)CC(CN)c1cccc(N(C)C)c1. The summed E-state index contributed by atoms with van der Waals surface area (Å²) in [5.74, 6) is 0.424. The number of anilines is 1. The van der Waals surface area contributed by atoms with Crippen molar-refractivity contribution < 1.29 is 0 Å². The smallest absolute Gasteiger partial charge is 0.0363 e. The van der Waals surface area contributed by atoms with Crippen molar-refractivity contribution in [1.82, 2.24) is 4.90 Å². The van der Waals surface area contributed by atoms with Crippen molar-refractivity contribution in [3.8, 4) is 0 Å². The highest BCUT2D eigenvalue weighted by molar-refractivity contribution is 5.48. The van der Waals surface area contributed by atoms with Crippen molar-refractivity contribution in [3.05, 3.63) is 29.8 Å². The molecular formula is C17H31N3. The normalized spacial score (nSPS) is 12.7. The molecule has 0 radical (unpaired) electrons. The van der Waals surface area contributed by atoms with E-state index >= 15 is 0 Å². The molecule has 0 fully saturated rings. The molecule has 0 spiro atoms. The summed E-state index contributed by atoms with van der Waals surface area (Å²) in [6.07, 6.45) is 2.41. The first kappa shape index (κ1) is 17.0. The summed E-state index contributed by atoms with van der Waals surface area (Å²) in [7, 11) is 4.16. The van der Waals surface area contributed by atoms with Gasteiger partial charge in [0.15, 0.2) is 0 Å². The highest BCUT2D eigenvalue weighted by Gasteiger charge is 2.14. The molecule has 1 rings (SSSR count). The highest BCUT2D eigenvalue weighted by atomic mass is 15.1. The van der Waals surface area contributed by atoms with Crippen LogP contribution in [0, 0.1) is 0 Å². The van der Waals surface area contributed by atoms with Crippen LogP contribution in [0.2, 0.25) is 0 Å². The first-order valence-electron chi connectivity index (χ1n) is 7.82. The van der Waals surface area contributed by atoms with Gasteiger partial charge in [0.1, 0.15) is 0 Å². The third kappa shape index (κ3) is 5.14. The van der Waals surface area contributed by atoms with Gasteiger partial charge in [-0.1, -0.05) is 26.0 Å². The van der Waals surface area contributed by atoms with Gasteiger partial charge in [0, 0.05) is 38.8 Å². The molecule has 0 saturated carbocycles. The number of nitrogens with zero attached hydrogens (tertiary/aromatic N) is 2. The molecule has 0 aliphatic carbocycles. The van der Waals surface area contributed by atoms with Crippen LogP contribution in [0.1, 0.15) is 38.2 Å². The zero-order valence-electron chi connectivity index (χ0n) is 13.6. The molecule has 0 heterocycles. The maximum absolute atomic E-state index is 6.03. The van der Waals surface area contributed by atoms with E-state index in [2.05, 4.69) is 62.0 Å². The minimum atomic E-state index is 0.424. The average molecular weight is 277 g/mol. The van der Waals surface area contributed by atoms with Gasteiger partial charge in [0.05, 0.1) is 0 Å². The number of benzene rings is 1. The van der Waals surface area contributed by atoms with Crippen LogP contribution in [0.15, 0.2) is 24.3 Å². The van der Waals surface area contributed by atoms with Gasteiger partial charge in [0.2, 0.25) is 0 Å². The van der Waals surface area contributed by atoms with Crippen molar-refractivity contribution in [1.29, 1.82) is 0 Å². The average Bonchev–Trinajstić information content (AvgIpc) is 2.45. The fourth-order valence-corrected chi connectivity index (χ4v) is 2.61. The van der Waals surface area contributed by atoms with Gasteiger partial charge in [-0.25, -0.2) is 0 Å². The minimum Gasteiger partial charge on any atom is -0.378 e. The van der Waals surface area contributed by atoms with Crippen LogP contribution in [-0.2, 0) is 0 Å². The minimum absolute atomic E-state index is 0.424. The molecule has 1 aromatic carbocycles. The van der Waals surface area contributed by atoms with Gasteiger partial charge in [-0.3, -0.25) is 0 Å². The second-order valence-corrected chi connectivity index (χ2v) is 5.72. The van der Waals surface area contributed by atoms with Crippen LogP contribution >= 0.6 is 0 Å². The molecule has 20 heavy (non-hydrogen) atoms. The van der Waals surface area contributed by atoms with Gasteiger partial charge in [-0.15, -0.1) is 0 Å². The summed E-state index contributed by atoms with van der Waals surface area (Å²) in [4.78, 5) is 4.69. The Bertz CT molecular complexity index is 370. The molecule has 0 aliphatic rings. The van der Waals surface area contributed by atoms with Crippen LogP contribution in [0.5, 0.6) is 0 Å². The summed E-state index contributed by atoms with van der Waals surface area (Å²) in [5, 5.41) is 0. The Morgan fingerprint density at radius 2 is 1.75 bits per heavy atom. The van der Waals surface area contributed by atoms with Crippen LogP contribution in [0.4, 0.5) is 5.69 Å². The number of hydrogen-bond acceptors (Lipinski definition) is 3. The molecule has 1 atom stereocenters. The molecule has 0 aliphatic heterocycles. The zero-order valence-corrected chi connectivity index (χ0v) is 13.6. The Labute approximate surface area is 124 Å². The molecular weight excluding hydrogens is 246 g/mol. The van der Waals surface area contributed by atoms with Crippen molar-refractivity contribution >= 4 is 5.69 Å². The zero-order chi connectivity index (χ0) is 15.0. The molecule has 3 heteroatoms. The molecule has 1 aromatic rings. The van der Waals surface area contributed by atoms with Crippen LogP contribution in [-0.4, -0.2) is 45.2 Å². The predicted molar refractivity (Wildman–Crippen MR) is 89.6 cm³/mol. The Morgan fingerprint density at radius 3 is 2.25 bits per heavy atom. The molecule has 3 nitrogen and oxygen atoms in total. The molecule has 2 N–H and O–H groups in total. The lowest BCUT2D eigenvalue weighted by Crippen LogP contribution is -2.33. The molecule has 0 saturated heterocycles. The van der Waals surface area contributed by atoms with E-state index in [1.165, 1.54) is 24.1 Å². The number of nitrogens with two attached hydrogens (primary N) is 1. The molecule has 0 amide bonds. The molecule has 0 aromatic heterocycles. The van der Waals surface area contributed by atoms with Crippen LogP contribution in [0.3, 0.4) is 0 Å². The second-order valence-electron chi connectivity index (χ2n) is 5.72. The van der Waals surface area contributed by atoms with Crippen molar-refractivity contribution in [2.75, 3.05) is 45.2 Å². The van der Waals surface area contributed by atoms with Crippen molar-refractivity contribution in [2.45, 2.75) is 32.6 Å². The second kappa shape index (κ2) is 8.98. The highest BCUT2D eigenvalue weighted by Crippen LogP contribution is 2.21. The Morgan fingerprint density at radius 1 is 1.10 bits per heavy atom. The maximum Gasteiger partial charge on any atom is 0.0363 e. The quantitative estimate of drug-likeness (QED) is 0.753. The lowest BCUT2D eigenvalue weighted by Gasteiger charge is -2.27. The maximum atomic E-state index is 6.03. The van der Waals surface area contributed by atoms with E-state index < -0.39 is 0 Å². The van der Waals surface area contributed by atoms with Gasteiger partial charge in [0.25, 0.3) is 0 Å². The predicted octanol–water partition coefficient (Wildman–Crippen LogP) is 2.92. The monoisotopic (exact) mass is 277 g/mol. The van der Waals surface area contributed by atoms with E-state index in [0.717, 1.165) is 19.6 Å². The Kier molecular flexibility index (Phi) is 7.63. The standard InChI is InChI=1S/C17H31N3/c1-5-10-20(11-6-2)14-16(13-18)15-8-7-9-17(12-15)19(3)4/h7-9,12,16H,5-6,10-11,13-14,18H2,1-4H3. The fraction of sp³-hybridized carbons (Fsp3) is 0.647. The van der Waals surface area contributed by atoms with Crippen LogP contribution < -0.4 is 10.6 Å². The fourth-order valence-electron chi connectivity index (χ4n) is 2.61. The van der Waals surface area contributed by atoms with Gasteiger partial charge in [-0.05, 0) is 43.6 Å².